The van der Waals surface area contributed by atoms with Crippen molar-refractivity contribution in [2.24, 2.45) is 5.73 Å². The molecule has 0 aliphatic rings. The van der Waals surface area contributed by atoms with Crippen molar-refractivity contribution in [3.05, 3.63) is 16.8 Å². The van der Waals surface area contributed by atoms with Gasteiger partial charge in [0.15, 0.2) is 0 Å². The van der Waals surface area contributed by atoms with Gasteiger partial charge in [-0.3, -0.25) is 5.41 Å². The van der Waals surface area contributed by atoms with Gasteiger partial charge < -0.3 is 15.6 Å². The van der Waals surface area contributed by atoms with E-state index in [1.165, 1.54) is 0 Å². The van der Waals surface area contributed by atoms with Crippen LogP contribution in [0.3, 0.4) is 0 Å². The summed E-state index contributed by atoms with van der Waals surface area (Å²) >= 11 is 0. The minimum Gasteiger partial charge on any atom is -0.476 e. The SMILES string of the molecule is CCc1nnc(OCCCO)c(C(=N)N)c1CC. The van der Waals surface area contributed by atoms with Crippen LogP contribution in [0.25, 0.3) is 0 Å². The molecular formula is C12H20N4O2. The van der Waals surface area contributed by atoms with Crippen LogP contribution in [-0.2, 0) is 12.8 Å². The molecule has 0 unspecified atom stereocenters. The van der Waals surface area contributed by atoms with Crippen LogP contribution in [0.5, 0.6) is 5.88 Å². The molecule has 4 N–H and O–H groups in total. The predicted molar refractivity (Wildman–Crippen MR) is 69.0 cm³/mol. The molecular weight excluding hydrogens is 232 g/mol. The Hall–Kier alpha value is -1.69. The number of aliphatic hydroxyl groups is 1. The fraction of sp³-hybridized carbons (Fsp3) is 0.583. The normalized spacial score (nSPS) is 10.4. The van der Waals surface area contributed by atoms with Gasteiger partial charge in [-0.2, -0.15) is 5.10 Å². The van der Waals surface area contributed by atoms with Crippen molar-refractivity contribution in [3.8, 4) is 5.88 Å². The maximum absolute atomic E-state index is 8.72. The van der Waals surface area contributed by atoms with E-state index in [1.807, 2.05) is 13.8 Å². The van der Waals surface area contributed by atoms with Crippen LogP contribution in [0.2, 0.25) is 0 Å². The Morgan fingerprint density at radius 1 is 1.33 bits per heavy atom. The monoisotopic (exact) mass is 252 g/mol. The van der Waals surface area contributed by atoms with Gasteiger partial charge in [0, 0.05) is 13.0 Å². The topological polar surface area (TPSA) is 105 Å². The zero-order valence-corrected chi connectivity index (χ0v) is 10.9. The van der Waals surface area contributed by atoms with Gasteiger partial charge in [-0.05, 0) is 18.4 Å². The number of aliphatic hydroxyl groups excluding tert-OH is 1. The minimum atomic E-state index is -0.0598. The van der Waals surface area contributed by atoms with E-state index in [4.69, 9.17) is 21.0 Å². The maximum atomic E-state index is 8.72. The molecule has 0 aliphatic carbocycles. The molecule has 100 valence electrons. The van der Waals surface area contributed by atoms with Gasteiger partial charge in [0.05, 0.1) is 17.9 Å². The Morgan fingerprint density at radius 2 is 2.06 bits per heavy atom. The van der Waals surface area contributed by atoms with E-state index >= 15 is 0 Å². The van der Waals surface area contributed by atoms with Crippen LogP contribution in [-0.4, -0.2) is 34.4 Å². The number of nitrogens with one attached hydrogen (secondary N) is 1. The first-order valence-electron chi connectivity index (χ1n) is 6.12. The van der Waals surface area contributed by atoms with Crippen molar-refractivity contribution in [3.63, 3.8) is 0 Å². The lowest BCUT2D eigenvalue weighted by molar-refractivity contribution is 0.227. The molecule has 18 heavy (non-hydrogen) atoms. The van der Waals surface area contributed by atoms with Gasteiger partial charge in [-0.15, -0.1) is 5.10 Å². The molecule has 0 radical (unpaired) electrons. The summed E-state index contributed by atoms with van der Waals surface area (Å²) in [4.78, 5) is 0. The first-order chi connectivity index (χ1) is 8.65. The fourth-order valence-electron chi connectivity index (χ4n) is 1.77. The van der Waals surface area contributed by atoms with Crippen LogP contribution in [0.15, 0.2) is 0 Å². The van der Waals surface area contributed by atoms with Crippen LogP contribution >= 0.6 is 0 Å². The standard InChI is InChI=1S/C12H20N4O2/c1-3-8-9(4-2)15-16-12(10(8)11(13)14)18-7-5-6-17/h17H,3-7H2,1-2H3,(H3,13,14). The van der Waals surface area contributed by atoms with Gasteiger partial charge >= 0.3 is 0 Å². The average molecular weight is 252 g/mol. The third kappa shape index (κ3) is 3.16. The van der Waals surface area contributed by atoms with E-state index in [0.717, 1.165) is 24.1 Å². The van der Waals surface area contributed by atoms with Gasteiger partial charge in [-0.1, -0.05) is 13.8 Å². The Bertz CT molecular complexity index is 421. The summed E-state index contributed by atoms with van der Waals surface area (Å²) in [7, 11) is 0. The molecule has 0 bridgehead atoms. The summed E-state index contributed by atoms with van der Waals surface area (Å²) in [5, 5.41) is 24.5. The van der Waals surface area contributed by atoms with Crippen LogP contribution < -0.4 is 10.5 Å². The first kappa shape index (κ1) is 14.4. The van der Waals surface area contributed by atoms with Gasteiger partial charge in [0.25, 0.3) is 0 Å². The molecule has 6 nitrogen and oxygen atoms in total. The minimum absolute atomic E-state index is 0.0521. The summed E-state index contributed by atoms with van der Waals surface area (Å²) in [5.74, 6) is 0.223. The fourth-order valence-corrected chi connectivity index (χ4v) is 1.77. The molecule has 0 aliphatic heterocycles. The number of aryl methyl sites for hydroxylation is 1. The number of aromatic nitrogens is 2. The van der Waals surface area contributed by atoms with Crippen molar-refractivity contribution in [2.75, 3.05) is 13.2 Å². The van der Waals surface area contributed by atoms with E-state index in [9.17, 15) is 0 Å². The maximum Gasteiger partial charge on any atom is 0.244 e. The third-order valence-electron chi connectivity index (χ3n) is 2.62. The van der Waals surface area contributed by atoms with Crippen molar-refractivity contribution >= 4 is 5.84 Å². The van der Waals surface area contributed by atoms with E-state index < -0.39 is 0 Å². The first-order valence-corrected chi connectivity index (χ1v) is 6.12. The number of rotatable bonds is 7. The molecule has 1 aromatic rings. The van der Waals surface area contributed by atoms with E-state index in [0.29, 0.717) is 18.6 Å². The Balaban J connectivity index is 3.13. The number of nitrogens with zero attached hydrogens (tertiary/aromatic N) is 2. The summed E-state index contributed by atoms with van der Waals surface area (Å²) in [6.45, 7) is 4.36. The number of nitrogen functional groups attached to an aromatic ring is 1. The second-order valence-electron chi connectivity index (χ2n) is 3.85. The number of amidine groups is 1. The van der Waals surface area contributed by atoms with E-state index in [1.54, 1.807) is 0 Å². The van der Waals surface area contributed by atoms with Crippen molar-refractivity contribution < 1.29 is 9.84 Å². The summed E-state index contributed by atoms with van der Waals surface area (Å²) in [6.07, 6.45) is 1.98. The Labute approximate surface area is 107 Å². The molecule has 0 spiro atoms. The molecule has 1 heterocycles. The molecule has 0 fully saturated rings. The molecule has 1 aromatic heterocycles. The average Bonchev–Trinajstić information content (AvgIpc) is 2.37. The van der Waals surface area contributed by atoms with Crippen LogP contribution in [0, 0.1) is 5.41 Å². The molecule has 0 amide bonds. The third-order valence-corrected chi connectivity index (χ3v) is 2.62. The van der Waals surface area contributed by atoms with E-state index in [-0.39, 0.29) is 18.3 Å². The van der Waals surface area contributed by atoms with Gasteiger partial charge in [0.1, 0.15) is 5.84 Å². The quantitative estimate of drug-likeness (QED) is 0.375. The Kier molecular flexibility index (Phi) is 5.51. The number of nitrogens with two attached hydrogens (primary N) is 1. The predicted octanol–water partition coefficient (Wildman–Crippen LogP) is 0.647. The molecule has 6 heteroatoms. The highest BCUT2D eigenvalue weighted by Gasteiger charge is 2.17. The number of hydrogen-bond acceptors (Lipinski definition) is 5. The second kappa shape index (κ2) is 6.90. The summed E-state index contributed by atoms with van der Waals surface area (Å²) in [5.41, 5.74) is 7.90. The van der Waals surface area contributed by atoms with Crippen molar-refractivity contribution in [1.29, 1.82) is 5.41 Å². The van der Waals surface area contributed by atoms with Gasteiger partial charge in [-0.25, -0.2) is 0 Å². The number of hydrogen-bond donors (Lipinski definition) is 3. The van der Waals surface area contributed by atoms with Crippen molar-refractivity contribution in [2.45, 2.75) is 33.1 Å². The van der Waals surface area contributed by atoms with E-state index in [2.05, 4.69) is 10.2 Å². The lowest BCUT2D eigenvalue weighted by Crippen LogP contribution is -2.19. The highest BCUT2D eigenvalue weighted by atomic mass is 16.5. The number of ether oxygens (including phenoxy) is 1. The molecule has 0 saturated carbocycles. The highest BCUT2D eigenvalue weighted by Crippen LogP contribution is 2.22. The lowest BCUT2D eigenvalue weighted by Gasteiger charge is -2.14. The smallest absolute Gasteiger partial charge is 0.244 e. The van der Waals surface area contributed by atoms with Crippen LogP contribution in [0.1, 0.15) is 37.1 Å². The van der Waals surface area contributed by atoms with Crippen molar-refractivity contribution in [1.82, 2.24) is 10.2 Å². The zero-order valence-electron chi connectivity index (χ0n) is 10.9. The lowest BCUT2D eigenvalue weighted by atomic mass is 10.0. The summed E-state index contributed by atoms with van der Waals surface area (Å²) < 4.78 is 5.43. The summed E-state index contributed by atoms with van der Waals surface area (Å²) in [6, 6.07) is 0. The zero-order chi connectivity index (χ0) is 13.5. The van der Waals surface area contributed by atoms with Gasteiger partial charge in [0.2, 0.25) is 5.88 Å². The highest BCUT2D eigenvalue weighted by molar-refractivity contribution is 5.98. The molecule has 1 rings (SSSR count). The largest absolute Gasteiger partial charge is 0.476 e. The molecule has 0 saturated heterocycles. The molecule has 0 aromatic carbocycles. The second-order valence-corrected chi connectivity index (χ2v) is 3.85. The Morgan fingerprint density at radius 3 is 2.56 bits per heavy atom. The van der Waals surface area contributed by atoms with Crippen LogP contribution in [0.4, 0.5) is 0 Å². The molecule has 0 atom stereocenters.